The van der Waals surface area contributed by atoms with E-state index in [0.717, 1.165) is 16.8 Å². The van der Waals surface area contributed by atoms with Crippen molar-refractivity contribution in [1.29, 1.82) is 0 Å². The summed E-state index contributed by atoms with van der Waals surface area (Å²) >= 11 is 0. The van der Waals surface area contributed by atoms with Gasteiger partial charge in [-0.05, 0) is 35.9 Å². The van der Waals surface area contributed by atoms with Crippen LogP contribution in [-0.4, -0.2) is 12.0 Å². The van der Waals surface area contributed by atoms with Crippen LogP contribution in [0.3, 0.4) is 0 Å². The third kappa shape index (κ3) is 4.48. The van der Waals surface area contributed by atoms with Crippen LogP contribution >= 0.6 is 0 Å². The zero-order valence-electron chi connectivity index (χ0n) is 14.2. The fourth-order valence-corrected chi connectivity index (χ4v) is 2.51. The number of carbonyl (C=O) groups excluding carboxylic acids is 2. The fraction of sp³-hybridized carbons (Fsp3) is 0.0476. The number of hydrogen-bond acceptors (Lipinski definition) is 3. The Labute approximate surface area is 151 Å². The second kappa shape index (κ2) is 7.98. The Hall–Kier alpha value is -3.60. The molecule has 0 atom stereocenters. The van der Waals surface area contributed by atoms with Gasteiger partial charge in [-0.1, -0.05) is 48.5 Å². The maximum atomic E-state index is 11.9. The van der Waals surface area contributed by atoms with Gasteiger partial charge in [0.25, 0.3) is 0 Å². The molecular formula is C21H18N2O3. The molecule has 0 unspecified atom stereocenters. The zero-order valence-corrected chi connectivity index (χ0v) is 14.2. The topological polar surface area (TPSA) is 67.4 Å². The highest BCUT2D eigenvalue weighted by molar-refractivity contribution is 5.94. The fourth-order valence-electron chi connectivity index (χ4n) is 2.51. The Morgan fingerprint density at radius 2 is 1.42 bits per heavy atom. The van der Waals surface area contributed by atoms with Crippen molar-refractivity contribution < 1.29 is 14.3 Å². The molecule has 0 saturated carbocycles. The van der Waals surface area contributed by atoms with Gasteiger partial charge in [0.05, 0.1) is 0 Å². The van der Waals surface area contributed by atoms with E-state index in [1.807, 2.05) is 42.5 Å². The van der Waals surface area contributed by atoms with Crippen LogP contribution < -0.4 is 15.4 Å². The Kier molecular flexibility index (Phi) is 5.29. The predicted octanol–water partition coefficient (Wildman–Crippen LogP) is 4.92. The molecule has 0 saturated heterocycles. The van der Waals surface area contributed by atoms with E-state index >= 15 is 0 Å². The molecule has 130 valence electrons. The normalized spacial score (nSPS) is 10.0. The van der Waals surface area contributed by atoms with Crippen molar-refractivity contribution in [3.63, 3.8) is 0 Å². The summed E-state index contributed by atoms with van der Waals surface area (Å²) in [4.78, 5) is 23.3. The van der Waals surface area contributed by atoms with E-state index in [-0.39, 0.29) is 5.91 Å². The highest BCUT2D eigenvalue weighted by Gasteiger charge is 2.08. The quantitative estimate of drug-likeness (QED) is 0.704. The van der Waals surface area contributed by atoms with Gasteiger partial charge in [0.15, 0.2) is 0 Å². The van der Waals surface area contributed by atoms with E-state index in [9.17, 15) is 9.59 Å². The van der Waals surface area contributed by atoms with E-state index in [4.69, 9.17) is 4.74 Å². The van der Waals surface area contributed by atoms with Crippen LogP contribution in [0.1, 0.15) is 6.92 Å². The first-order chi connectivity index (χ1) is 12.6. The summed E-state index contributed by atoms with van der Waals surface area (Å²) in [5, 5.41) is 5.50. The summed E-state index contributed by atoms with van der Waals surface area (Å²) in [6.07, 6.45) is -0.553. The molecule has 5 heteroatoms. The molecule has 0 radical (unpaired) electrons. The first-order valence-corrected chi connectivity index (χ1v) is 8.13. The van der Waals surface area contributed by atoms with Gasteiger partial charge in [-0.2, -0.15) is 0 Å². The summed E-state index contributed by atoms with van der Waals surface area (Å²) in [7, 11) is 0. The number of amides is 2. The van der Waals surface area contributed by atoms with Gasteiger partial charge in [-0.25, -0.2) is 4.79 Å². The average molecular weight is 346 g/mol. The minimum atomic E-state index is -0.553. The van der Waals surface area contributed by atoms with E-state index in [2.05, 4.69) is 10.6 Å². The van der Waals surface area contributed by atoms with Gasteiger partial charge in [-0.15, -0.1) is 0 Å². The zero-order chi connectivity index (χ0) is 18.4. The maximum absolute atomic E-state index is 11.9. The molecule has 26 heavy (non-hydrogen) atoms. The molecule has 2 N–H and O–H groups in total. The molecule has 3 aromatic rings. The molecule has 0 heterocycles. The molecule has 2 amide bonds. The summed E-state index contributed by atoms with van der Waals surface area (Å²) in [5.41, 5.74) is 3.19. The molecule has 0 aromatic heterocycles. The summed E-state index contributed by atoms with van der Waals surface area (Å²) in [5.74, 6) is 0.352. The molecule has 0 aliphatic rings. The highest BCUT2D eigenvalue weighted by Crippen LogP contribution is 2.28. The lowest BCUT2D eigenvalue weighted by Crippen LogP contribution is -2.16. The number of anilines is 2. The average Bonchev–Trinajstić information content (AvgIpc) is 2.63. The van der Waals surface area contributed by atoms with Crippen molar-refractivity contribution in [3.05, 3.63) is 78.9 Å². The molecule has 5 nitrogen and oxygen atoms in total. The van der Waals surface area contributed by atoms with E-state index < -0.39 is 6.09 Å². The van der Waals surface area contributed by atoms with Gasteiger partial charge in [0, 0.05) is 23.9 Å². The lowest BCUT2D eigenvalue weighted by atomic mass is 10.0. The van der Waals surface area contributed by atoms with Crippen LogP contribution in [0.25, 0.3) is 11.1 Å². The van der Waals surface area contributed by atoms with Crippen molar-refractivity contribution in [2.45, 2.75) is 6.92 Å². The molecule has 3 aromatic carbocycles. The molecular weight excluding hydrogens is 328 g/mol. The number of rotatable bonds is 4. The monoisotopic (exact) mass is 346 g/mol. The summed E-state index contributed by atoms with van der Waals surface area (Å²) < 4.78 is 5.20. The number of benzene rings is 3. The molecule has 0 bridgehead atoms. The van der Waals surface area contributed by atoms with Crippen LogP contribution in [-0.2, 0) is 4.79 Å². The SMILES string of the molecule is CC(=O)Nc1ccccc1-c1ccc(NC(=O)Oc2ccccc2)cc1. The van der Waals surface area contributed by atoms with Crippen LogP contribution in [0.2, 0.25) is 0 Å². The van der Waals surface area contributed by atoms with Gasteiger partial charge < -0.3 is 10.1 Å². The lowest BCUT2D eigenvalue weighted by molar-refractivity contribution is -0.114. The maximum Gasteiger partial charge on any atom is 0.417 e. The second-order valence-corrected chi connectivity index (χ2v) is 5.63. The van der Waals surface area contributed by atoms with Gasteiger partial charge in [0.1, 0.15) is 5.75 Å². The number of carbonyl (C=O) groups is 2. The smallest absolute Gasteiger partial charge is 0.410 e. The number of para-hydroxylation sites is 2. The summed E-state index contributed by atoms with van der Waals surface area (Å²) in [6.45, 7) is 1.47. The van der Waals surface area contributed by atoms with Crippen LogP contribution in [0.4, 0.5) is 16.2 Å². The predicted molar refractivity (Wildman–Crippen MR) is 102 cm³/mol. The van der Waals surface area contributed by atoms with Crippen LogP contribution in [0.5, 0.6) is 5.75 Å². The summed E-state index contributed by atoms with van der Waals surface area (Å²) in [6, 6.07) is 23.7. The number of nitrogens with one attached hydrogen (secondary N) is 2. The van der Waals surface area contributed by atoms with E-state index in [1.54, 1.807) is 36.4 Å². The second-order valence-electron chi connectivity index (χ2n) is 5.63. The van der Waals surface area contributed by atoms with E-state index in [1.165, 1.54) is 6.92 Å². The minimum Gasteiger partial charge on any atom is -0.410 e. The molecule has 3 rings (SSSR count). The van der Waals surface area contributed by atoms with Gasteiger partial charge in [-0.3, -0.25) is 10.1 Å². The van der Waals surface area contributed by atoms with Crippen LogP contribution in [0.15, 0.2) is 78.9 Å². The molecule has 0 fully saturated rings. The Bertz CT molecular complexity index is 906. The minimum absolute atomic E-state index is 0.126. The van der Waals surface area contributed by atoms with Crippen LogP contribution in [0, 0.1) is 0 Å². The lowest BCUT2D eigenvalue weighted by Gasteiger charge is -2.11. The first kappa shape index (κ1) is 17.2. The number of ether oxygens (including phenoxy) is 1. The molecule has 0 aliphatic heterocycles. The van der Waals surface area contributed by atoms with Crippen molar-refractivity contribution in [2.75, 3.05) is 10.6 Å². The van der Waals surface area contributed by atoms with Crippen molar-refractivity contribution in [1.82, 2.24) is 0 Å². The third-order valence-corrected chi connectivity index (χ3v) is 3.63. The van der Waals surface area contributed by atoms with Gasteiger partial charge >= 0.3 is 6.09 Å². The first-order valence-electron chi connectivity index (χ1n) is 8.13. The Balaban J connectivity index is 1.71. The largest absolute Gasteiger partial charge is 0.417 e. The molecule has 0 aliphatic carbocycles. The van der Waals surface area contributed by atoms with E-state index in [0.29, 0.717) is 11.4 Å². The molecule has 0 spiro atoms. The van der Waals surface area contributed by atoms with Crippen molar-refractivity contribution in [3.8, 4) is 16.9 Å². The van der Waals surface area contributed by atoms with Crippen molar-refractivity contribution in [2.24, 2.45) is 0 Å². The number of hydrogen-bond donors (Lipinski definition) is 2. The Morgan fingerprint density at radius 3 is 2.12 bits per heavy atom. The van der Waals surface area contributed by atoms with Crippen molar-refractivity contribution >= 4 is 23.4 Å². The highest BCUT2D eigenvalue weighted by atomic mass is 16.6. The Morgan fingerprint density at radius 1 is 0.769 bits per heavy atom. The standard InChI is InChI=1S/C21H18N2O3/c1-15(24)22-20-10-6-5-9-19(20)16-11-13-17(14-12-16)23-21(25)26-18-7-3-2-4-8-18/h2-14H,1H3,(H,22,24)(H,23,25). The van der Waals surface area contributed by atoms with Gasteiger partial charge in [0.2, 0.25) is 5.91 Å². The third-order valence-electron chi connectivity index (χ3n) is 3.63.